The quantitative estimate of drug-likeness (QED) is 0.720. The number of nitrogens with one attached hydrogen (secondary N) is 1. The van der Waals surface area contributed by atoms with E-state index in [2.05, 4.69) is 52.8 Å². The number of hydrogen-bond acceptors (Lipinski definition) is 0. The second-order valence-corrected chi connectivity index (χ2v) is 4.86. The summed E-state index contributed by atoms with van der Waals surface area (Å²) < 4.78 is 3.13. The molecule has 0 fully saturated rings. The van der Waals surface area contributed by atoms with E-state index in [9.17, 15) is 0 Å². The fraction of sp³-hybridized carbons (Fsp3) is 0. The van der Waals surface area contributed by atoms with Crippen LogP contribution < -0.4 is 0 Å². The van der Waals surface area contributed by atoms with E-state index in [-0.39, 0.29) is 0 Å². The maximum Gasteiger partial charge on any atom is 0.0975 e. The van der Waals surface area contributed by atoms with Gasteiger partial charge in [0, 0.05) is 15.4 Å². The molecular weight excluding hydrogens is 350 g/mol. The number of rotatable bonds is 0. The van der Waals surface area contributed by atoms with Gasteiger partial charge in [-0.15, -0.1) is 0 Å². The Morgan fingerprint density at radius 3 is 2.50 bits per heavy atom. The van der Waals surface area contributed by atoms with Crippen molar-refractivity contribution in [3.8, 4) is 0 Å². The molecule has 0 radical (unpaired) electrons. The molecule has 2 aromatic rings. The normalized spacial score (nSPS) is 10.9. The summed E-state index contributed by atoms with van der Waals surface area (Å²) in [5.41, 5.74) is 1.11. The molecule has 0 amide bonds. The standard InChI is InChI=1S/C8H4Br3N/c9-4-2-1-3-5-6(4)7(10)8(11)12-5/h1-3,12H. The van der Waals surface area contributed by atoms with Crippen LogP contribution in [0.5, 0.6) is 0 Å². The van der Waals surface area contributed by atoms with E-state index < -0.39 is 0 Å². The highest BCUT2D eigenvalue weighted by Gasteiger charge is 2.08. The Morgan fingerprint density at radius 1 is 1.08 bits per heavy atom. The van der Waals surface area contributed by atoms with Gasteiger partial charge in [-0.3, -0.25) is 0 Å². The lowest BCUT2D eigenvalue weighted by atomic mass is 10.3. The Hall–Kier alpha value is 0.200. The van der Waals surface area contributed by atoms with Gasteiger partial charge >= 0.3 is 0 Å². The van der Waals surface area contributed by atoms with Crippen molar-refractivity contribution in [1.82, 2.24) is 4.98 Å². The van der Waals surface area contributed by atoms with E-state index in [4.69, 9.17) is 0 Å². The summed E-state index contributed by atoms with van der Waals surface area (Å²) >= 11 is 10.4. The minimum Gasteiger partial charge on any atom is -0.348 e. The van der Waals surface area contributed by atoms with Crippen LogP contribution in [0.15, 0.2) is 31.7 Å². The Morgan fingerprint density at radius 2 is 1.83 bits per heavy atom. The summed E-state index contributed by atoms with van der Waals surface area (Å²) in [4.78, 5) is 3.21. The summed E-state index contributed by atoms with van der Waals surface area (Å²) in [6, 6.07) is 6.06. The second-order valence-electron chi connectivity index (χ2n) is 2.42. The molecule has 1 heterocycles. The highest BCUT2D eigenvalue weighted by atomic mass is 79.9. The zero-order chi connectivity index (χ0) is 8.72. The third-order valence-electron chi connectivity index (χ3n) is 1.67. The van der Waals surface area contributed by atoms with Gasteiger partial charge < -0.3 is 4.98 Å². The Kier molecular flexibility index (Phi) is 2.31. The van der Waals surface area contributed by atoms with Gasteiger partial charge in [0.15, 0.2) is 0 Å². The summed E-state index contributed by atoms with van der Waals surface area (Å²) in [7, 11) is 0. The molecule has 12 heavy (non-hydrogen) atoms. The van der Waals surface area contributed by atoms with E-state index in [1.807, 2.05) is 18.2 Å². The van der Waals surface area contributed by atoms with Gasteiger partial charge in [-0.25, -0.2) is 0 Å². The Balaban J connectivity index is 2.97. The molecule has 0 atom stereocenters. The van der Waals surface area contributed by atoms with Gasteiger partial charge in [0.2, 0.25) is 0 Å². The van der Waals surface area contributed by atoms with Crippen LogP contribution in [0.1, 0.15) is 0 Å². The van der Waals surface area contributed by atoms with Gasteiger partial charge in [-0.05, 0) is 44.0 Å². The maximum absolute atomic E-state index is 3.49. The third kappa shape index (κ3) is 1.26. The Bertz CT molecular complexity index is 433. The molecule has 0 bridgehead atoms. The predicted molar refractivity (Wildman–Crippen MR) is 61.4 cm³/mol. The van der Waals surface area contributed by atoms with Crippen LogP contribution in [0, 0.1) is 0 Å². The number of aromatic amines is 1. The van der Waals surface area contributed by atoms with E-state index >= 15 is 0 Å². The monoisotopic (exact) mass is 351 g/mol. The maximum atomic E-state index is 3.49. The fourth-order valence-corrected chi connectivity index (χ4v) is 2.90. The zero-order valence-corrected chi connectivity index (χ0v) is 10.6. The molecule has 0 saturated carbocycles. The summed E-state index contributed by atoms with van der Waals surface area (Å²) in [5, 5.41) is 1.17. The lowest BCUT2D eigenvalue weighted by Gasteiger charge is -1.92. The van der Waals surface area contributed by atoms with Crippen molar-refractivity contribution in [2.24, 2.45) is 0 Å². The van der Waals surface area contributed by atoms with Crippen LogP contribution in [0.2, 0.25) is 0 Å². The number of fused-ring (bicyclic) bond motifs is 1. The smallest absolute Gasteiger partial charge is 0.0975 e. The van der Waals surface area contributed by atoms with Crippen LogP contribution in [-0.2, 0) is 0 Å². The molecule has 1 nitrogen and oxygen atoms in total. The first-order valence-electron chi connectivity index (χ1n) is 3.31. The zero-order valence-electron chi connectivity index (χ0n) is 5.87. The first kappa shape index (κ1) is 8.78. The molecule has 0 saturated heterocycles. The fourth-order valence-electron chi connectivity index (χ4n) is 1.13. The minimum absolute atomic E-state index is 0.976. The third-order valence-corrected chi connectivity index (χ3v) is 4.25. The molecule has 62 valence electrons. The largest absolute Gasteiger partial charge is 0.348 e. The number of aromatic nitrogens is 1. The number of benzene rings is 1. The molecule has 0 spiro atoms. The van der Waals surface area contributed by atoms with Crippen molar-refractivity contribution >= 4 is 58.7 Å². The van der Waals surface area contributed by atoms with Gasteiger partial charge in [0.05, 0.1) is 9.08 Å². The van der Waals surface area contributed by atoms with Crippen LogP contribution in [0.25, 0.3) is 10.9 Å². The highest BCUT2D eigenvalue weighted by molar-refractivity contribution is 9.13. The molecule has 4 heteroatoms. The molecule has 1 aromatic heterocycles. The van der Waals surface area contributed by atoms with Gasteiger partial charge in [0.25, 0.3) is 0 Å². The topological polar surface area (TPSA) is 15.8 Å². The predicted octanol–water partition coefficient (Wildman–Crippen LogP) is 4.46. The molecule has 1 N–H and O–H groups in total. The van der Waals surface area contributed by atoms with Crippen LogP contribution in [-0.4, -0.2) is 4.98 Å². The average molecular weight is 354 g/mol. The highest BCUT2D eigenvalue weighted by Crippen LogP contribution is 2.35. The molecule has 1 aromatic carbocycles. The van der Waals surface area contributed by atoms with Crippen molar-refractivity contribution in [1.29, 1.82) is 0 Å². The number of H-pyrrole nitrogens is 1. The molecule has 0 unspecified atom stereocenters. The van der Waals surface area contributed by atoms with Crippen molar-refractivity contribution in [3.05, 3.63) is 31.7 Å². The van der Waals surface area contributed by atoms with Crippen molar-refractivity contribution in [3.63, 3.8) is 0 Å². The minimum atomic E-state index is 0.976. The van der Waals surface area contributed by atoms with E-state index in [1.54, 1.807) is 0 Å². The molecule has 0 aliphatic heterocycles. The second kappa shape index (κ2) is 3.16. The SMILES string of the molecule is Brc1[nH]c2cccc(Br)c2c1Br. The summed E-state index contributed by atoms with van der Waals surface area (Å²) in [6.45, 7) is 0. The molecule has 0 aliphatic rings. The number of hydrogen-bond donors (Lipinski definition) is 1. The van der Waals surface area contributed by atoms with Crippen LogP contribution >= 0.6 is 47.8 Å². The lowest BCUT2D eigenvalue weighted by Crippen LogP contribution is -1.68. The van der Waals surface area contributed by atoms with E-state index in [1.165, 1.54) is 5.39 Å². The van der Waals surface area contributed by atoms with Crippen LogP contribution in [0.3, 0.4) is 0 Å². The van der Waals surface area contributed by atoms with Crippen molar-refractivity contribution in [2.75, 3.05) is 0 Å². The summed E-state index contributed by atoms with van der Waals surface area (Å²) in [5.74, 6) is 0. The van der Waals surface area contributed by atoms with Gasteiger partial charge in [-0.2, -0.15) is 0 Å². The van der Waals surface area contributed by atoms with Crippen molar-refractivity contribution in [2.45, 2.75) is 0 Å². The average Bonchev–Trinajstić information content (AvgIpc) is 2.29. The van der Waals surface area contributed by atoms with Gasteiger partial charge in [0.1, 0.15) is 0 Å². The molecule has 2 rings (SSSR count). The molecule has 0 aliphatic carbocycles. The van der Waals surface area contributed by atoms with E-state index in [0.717, 1.165) is 19.1 Å². The van der Waals surface area contributed by atoms with Crippen LogP contribution in [0.4, 0.5) is 0 Å². The summed E-state index contributed by atoms with van der Waals surface area (Å²) in [6.07, 6.45) is 0. The molecular formula is C8H4Br3N. The van der Waals surface area contributed by atoms with E-state index in [0.29, 0.717) is 0 Å². The number of halogens is 3. The van der Waals surface area contributed by atoms with Crippen molar-refractivity contribution < 1.29 is 0 Å². The lowest BCUT2D eigenvalue weighted by molar-refractivity contribution is 1.40. The Labute approximate surface area is 94.9 Å². The van der Waals surface area contributed by atoms with Gasteiger partial charge in [-0.1, -0.05) is 22.0 Å². The first-order chi connectivity index (χ1) is 5.70. The first-order valence-corrected chi connectivity index (χ1v) is 5.69.